The molecule has 0 aromatic heterocycles. The second-order valence-electron chi connectivity index (χ2n) is 2.78. The summed E-state index contributed by atoms with van der Waals surface area (Å²) in [5.41, 5.74) is 0. The summed E-state index contributed by atoms with van der Waals surface area (Å²) in [6.45, 7) is 2.71. The zero-order valence-corrected chi connectivity index (χ0v) is 9.12. The lowest BCUT2D eigenvalue weighted by Gasteiger charge is -1.99. The maximum atomic E-state index is 10.2. The van der Waals surface area contributed by atoms with E-state index in [1.807, 2.05) is 0 Å². The molecule has 1 unspecified atom stereocenters. The van der Waals surface area contributed by atoms with E-state index in [4.69, 9.17) is 10.7 Å². The molecule has 0 bridgehead atoms. The topological polar surface area (TPSA) is 26.3 Å². The van der Waals surface area contributed by atoms with Crippen molar-refractivity contribution >= 4 is 21.0 Å². The first-order chi connectivity index (χ1) is 5.77. The minimum atomic E-state index is -1.60. The van der Waals surface area contributed by atoms with Gasteiger partial charge in [0, 0.05) is 10.7 Å². The second-order valence-corrected chi connectivity index (χ2v) is 4.16. The molecule has 0 aliphatic carbocycles. The van der Waals surface area contributed by atoms with Crippen LogP contribution in [-0.4, -0.2) is 10.8 Å². The van der Waals surface area contributed by atoms with Gasteiger partial charge in [-0.15, -0.1) is 0 Å². The van der Waals surface area contributed by atoms with Crippen LogP contribution in [0.3, 0.4) is 0 Å². The molecule has 0 saturated carbocycles. The Labute approximate surface area is 81.8 Å². The first-order valence-corrected chi connectivity index (χ1v) is 6.38. The molecular weight excluding hydrogens is 196 g/mol. The normalized spacial score (nSPS) is 13.2. The molecule has 0 aromatic carbocycles. The van der Waals surface area contributed by atoms with E-state index in [0.29, 0.717) is 6.61 Å². The van der Waals surface area contributed by atoms with Gasteiger partial charge >= 0.3 is 0 Å². The number of hydrogen-bond acceptors (Lipinski definition) is 2. The highest BCUT2D eigenvalue weighted by Crippen LogP contribution is 2.05. The molecule has 0 spiro atoms. The summed E-state index contributed by atoms with van der Waals surface area (Å²) in [7, 11) is 3.49. The van der Waals surface area contributed by atoms with E-state index in [0.717, 1.165) is 12.8 Å². The van der Waals surface area contributed by atoms with Gasteiger partial charge in [-0.25, -0.2) is 4.21 Å². The van der Waals surface area contributed by atoms with Crippen LogP contribution < -0.4 is 0 Å². The quantitative estimate of drug-likeness (QED) is 0.456. The molecular formula is C8H17ClO2S. The average molecular weight is 213 g/mol. The van der Waals surface area contributed by atoms with E-state index in [1.54, 1.807) is 0 Å². The predicted molar refractivity (Wildman–Crippen MR) is 53.3 cm³/mol. The Morgan fingerprint density at radius 3 is 2.33 bits per heavy atom. The molecule has 0 N–H and O–H groups in total. The Balaban J connectivity index is 2.86. The van der Waals surface area contributed by atoms with Crippen LogP contribution in [0.2, 0.25) is 0 Å². The van der Waals surface area contributed by atoms with Crippen molar-refractivity contribution in [2.45, 2.75) is 45.4 Å². The molecule has 1 atom stereocenters. The molecule has 0 fully saturated rings. The average Bonchev–Trinajstić information content (AvgIpc) is 2.02. The lowest BCUT2D eigenvalue weighted by Crippen LogP contribution is -1.92. The largest absolute Gasteiger partial charge is 0.278 e. The van der Waals surface area contributed by atoms with Crippen molar-refractivity contribution in [3.8, 4) is 0 Å². The molecule has 12 heavy (non-hydrogen) atoms. The van der Waals surface area contributed by atoms with E-state index in [1.165, 1.54) is 25.7 Å². The van der Waals surface area contributed by atoms with Crippen molar-refractivity contribution in [1.29, 1.82) is 0 Å². The minimum absolute atomic E-state index is 0.516. The molecule has 74 valence electrons. The van der Waals surface area contributed by atoms with Gasteiger partial charge < -0.3 is 0 Å². The Hall–Kier alpha value is 0.400. The van der Waals surface area contributed by atoms with E-state index in [-0.39, 0.29) is 0 Å². The third-order valence-corrected chi connectivity index (χ3v) is 2.29. The number of halogens is 1. The van der Waals surface area contributed by atoms with Gasteiger partial charge in [0.05, 0.1) is 6.61 Å². The number of hydrogen-bond donors (Lipinski definition) is 0. The van der Waals surface area contributed by atoms with Crippen molar-refractivity contribution < 1.29 is 8.39 Å². The van der Waals surface area contributed by atoms with Crippen LogP contribution in [0.15, 0.2) is 0 Å². The SMILES string of the molecule is CCCCCCCCOS(=O)Cl. The molecule has 0 radical (unpaired) electrons. The van der Waals surface area contributed by atoms with Crippen molar-refractivity contribution in [2.75, 3.05) is 6.61 Å². The molecule has 0 aliphatic rings. The van der Waals surface area contributed by atoms with Gasteiger partial charge in [-0.05, 0) is 6.42 Å². The fourth-order valence-electron chi connectivity index (χ4n) is 1.01. The van der Waals surface area contributed by atoms with Crippen LogP contribution in [0.25, 0.3) is 0 Å². The molecule has 0 saturated heterocycles. The highest BCUT2D eigenvalue weighted by atomic mass is 35.7. The maximum Gasteiger partial charge on any atom is 0.255 e. The van der Waals surface area contributed by atoms with Crippen LogP contribution in [0.5, 0.6) is 0 Å². The van der Waals surface area contributed by atoms with Gasteiger partial charge in [0.15, 0.2) is 0 Å². The van der Waals surface area contributed by atoms with Crippen LogP contribution in [-0.2, 0) is 14.5 Å². The van der Waals surface area contributed by atoms with Crippen molar-refractivity contribution in [2.24, 2.45) is 0 Å². The third kappa shape index (κ3) is 10.4. The van der Waals surface area contributed by atoms with Crippen LogP contribution in [0, 0.1) is 0 Å². The van der Waals surface area contributed by atoms with E-state index in [9.17, 15) is 4.21 Å². The zero-order valence-electron chi connectivity index (χ0n) is 7.55. The fourth-order valence-corrected chi connectivity index (χ4v) is 1.44. The first-order valence-electron chi connectivity index (χ1n) is 4.48. The summed E-state index contributed by atoms with van der Waals surface area (Å²) in [4.78, 5) is 0. The Morgan fingerprint density at radius 1 is 1.17 bits per heavy atom. The Morgan fingerprint density at radius 2 is 1.75 bits per heavy atom. The third-order valence-electron chi connectivity index (χ3n) is 1.67. The highest BCUT2D eigenvalue weighted by Gasteiger charge is 1.93. The molecule has 0 rings (SSSR count). The lowest BCUT2D eigenvalue weighted by molar-refractivity contribution is 0.339. The number of rotatable bonds is 8. The van der Waals surface area contributed by atoms with E-state index in [2.05, 4.69) is 11.1 Å². The molecule has 0 aromatic rings. The zero-order chi connectivity index (χ0) is 9.23. The first kappa shape index (κ1) is 12.4. The van der Waals surface area contributed by atoms with Gasteiger partial charge in [-0.1, -0.05) is 39.0 Å². The van der Waals surface area contributed by atoms with Crippen molar-refractivity contribution in [3.05, 3.63) is 0 Å². The molecule has 2 nitrogen and oxygen atoms in total. The monoisotopic (exact) mass is 212 g/mol. The maximum absolute atomic E-state index is 10.2. The van der Waals surface area contributed by atoms with E-state index < -0.39 is 10.3 Å². The fraction of sp³-hybridized carbons (Fsp3) is 1.00. The van der Waals surface area contributed by atoms with Crippen LogP contribution in [0.1, 0.15) is 45.4 Å². The summed E-state index contributed by atoms with van der Waals surface area (Å²) in [5, 5.41) is 0. The van der Waals surface area contributed by atoms with E-state index >= 15 is 0 Å². The summed E-state index contributed by atoms with van der Waals surface area (Å²) in [6.07, 6.45) is 7.22. The summed E-state index contributed by atoms with van der Waals surface area (Å²) >= 11 is 0. The van der Waals surface area contributed by atoms with Gasteiger partial charge in [0.1, 0.15) is 0 Å². The van der Waals surface area contributed by atoms with Gasteiger partial charge in [0.2, 0.25) is 0 Å². The van der Waals surface area contributed by atoms with Crippen LogP contribution >= 0.6 is 10.7 Å². The van der Waals surface area contributed by atoms with Gasteiger partial charge in [-0.2, -0.15) is 0 Å². The molecule has 4 heteroatoms. The smallest absolute Gasteiger partial charge is 0.255 e. The van der Waals surface area contributed by atoms with Crippen molar-refractivity contribution in [1.82, 2.24) is 0 Å². The van der Waals surface area contributed by atoms with Crippen LogP contribution in [0.4, 0.5) is 0 Å². The van der Waals surface area contributed by atoms with Gasteiger partial charge in [-0.3, -0.25) is 4.18 Å². The lowest BCUT2D eigenvalue weighted by atomic mass is 10.1. The standard InChI is InChI=1S/C8H17ClO2S/c1-2-3-4-5-6-7-8-11-12(9)10/h2-8H2,1H3. The number of unbranched alkanes of at least 4 members (excludes halogenated alkanes) is 5. The predicted octanol–water partition coefficient (Wildman–Crippen LogP) is 3.18. The highest BCUT2D eigenvalue weighted by molar-refractivity contribution is 8.04. The van der Waals surface area contributed by atoms with Crippen molar-refractivity contribution in [3.63, 3.8) is 0 Å². The minimum Gasteiger partial charge on any atom is -0.278 e. The summed E-state index contributed by atoms with van der Waals surface area (Å²) in [6, 6.07) is 0. The molecule has 0 amide bonds. The second kappa shape index (κ2) is 9.49. The van der Waals surface area contributed by atoms with Gasteiger partial charge in [0.25, 0.3) is 10.3 Å². The molecule has 0 heterocycles. The molecule has 0 aliphatic heterocycles. The Kier molecular flexibility index (Phi) is 9.80. The summed E-state index contributed by atoms with van der Waals surface area (Å²) in [5.74, 6) is 0. The summed E-state index contributed by atoms with van der Waals surface area (Å²) < 4.78 is 14.9. The Bertz CT molecular complexity index is 120.